The third-order valence-electron chi connectivity index (χ3n) is 4.53. The van der Waals surface area contributed by atoms with Crippen molar-refractivity contribution in [1.82, 2.24) is 0 Å². The summed E-state index contributed by atoms with van der Waals surface area (Å²) in [5, 5.41) is 3.13. The molecule has 0 saturated heterocycles. The number of aryl methyl sites for hydroxylation is 1. The van der Waals surface area contributed by atoms with Crippen LogP contribution in [0.15, 0.2) is 66.7 Å². The van der Waals surface area contributed by atoms with Crippen molar-refractivity contribution >= 4 is 34.9 Å². The maximum Gasteiger partial charge on any atom is 0.339 e. The molecular formula is C24H20ClNO5. The van der Waals surface area contributed by atoms with Crippen LogP contribution in [-0.4, -0.2) is 31.4 Å². The van der Waals surface area contributed by atoms with Gasteiger partial charge < -0.3 is 14.8 Å². The van der Waals surface area contributed by atoms with Crippen LogP contribution in [0.3, 0.4) is 0 Å². The summed E-state index contributed by atoms with van der Waals surface area (Å²) < 4.78 is 10.2. The van der Waals surface area contributed by atoms with Crippen LogP contribution in [0.4, 0.5) is 5.69 Å². The number of benzene rings is 3. The maximum atomic E-state index is 12.9. The second-order valence-corrected chi connectivity index (χ2v) is 7.10. The van der Waals surface area contributed by atoms with E-state index in [1.165, 1.54) is 19.2 Å². The van der Waals surface area contributed by atoms with Crippen LogP contribution in [0.25, 0.3) is 0 Å². The monoisotopic (exact) mass is 437 g/mol. The summed E-state index contributed by atoms with van der Waals surface area (Å²) in [5.74, 6) is -1.01. The van der Waals surface area contributed by atoms with Crippen molar-refractivity contribution in [2.45, 2.75) is 6.92 Å². The van der Waals surface area contributed by atoms with Crippen LogP contribution in [0.5, 0.6) is 5.75 Å². The van der Waals surface area contributed by atoms with Gasteiger partial charge in [0.05, 0.1) is 12.7 Å². The molecule has 0 unspecified atom stereocenters. The fourth-order valence-electron chi connectivity index (χ4n) is 2.83. The summed E-state index contributed by atoms with van der Waals surface area (Å²) in [4.78, 5) is 37.6. The molecule has 0 fully saturated rings. The Morgan fingerprint density at radius 2 is 1.61 bits per heavy atom. The standard InChI is InChI=1S/C24H20ClNO5/c1-15-7-10-17(13-21(15)25)26-22(27)14-31-24(29)20-6-4-3-5-19(20)23(28)16-8-11-18(30-2)12-9-16/h3-13H,14H2,1-2H3,(H,26,27). The van der Waals surface area contributed by atoms with Gasteiger partial charge in [-0.2, -0.15) is 0 Å². The fraction of sp³-hybridized carbons (Fsp3) is 0.125. The molecule has 0 radical (unpaired) electrons. The van der Waals surface area contributed by atoms with Gasteiger partial charge in [0.25, 0.3) is 5.91 Å². The molecule has 0 bridgehead atoms. The van der Waals surface area contributed by atoms with E-state index in [9.17, 15) is 14.4 Å². The number of anilines is 1. The number of esters is 1. The Labute approximate surface area is 184 Å². The van der Waals surface area contributed by atoms with Gasteiger partial charge in [0.15, 0.2) is 12.4 Å². The Morgan fingerprint density at radius 1 is 0.935 bits per heavy atom. The summed E-state index contributed by atoms with van der Waals surface area (Å²) in [5.41, 5.74) is 2.03. The average molecular weight is 438 g/mol. The minimum absolute atomic E-state index is 0.0782. The molecule has 158 valence electrons. The van der Waals surface area contributed by atoms with Crippen molar-refractivity contribution in [3.8, 4) is 5.75 Å². The number of ketones is 1. The lowest BCUT2D eigenvalue weighted by molar-refractivity contribution is -0.119. The Kier molecular flexibility index (Phi) is 7.05. The van der Waals surface area contributed by atoms with Crippen molar-refractivity contribution < 1.29 is 23.9 Å². The third-order valence-corrected chi connectivity index (χ3v) is 4.94. The van der Waals surface area contributed by atoms with Crippen LogP contribution in [0, 0.1) is 6.92 Å². The molecule has 1 N–H and O–H groups in total. The van der Waals surface area contributed by atoms with Crippen LogP contribution in [0.1, 0.15) is 31.8 Å². The van der Waals surface area contributed by atoms with Gasteiger partial charge in [-0.05, 0) is 55.0 Å². The van der Waals surface area contributed by atoms with Gasteiger partial charge in [0.1, 0.15) is 5.75 Å². The highest BCUT2D eigenvalue weighted by molar-refractivity contribution is 6.31. The van der Waals surface area contributed by atoms with Crippen LogP contribution in [-0.2, 0) is 9.53 Å². The largest absolute Gasteiger partial charge is 0.497 e. The van der Waals surface area contributed by atoms with Crippen molar-refractivity contribution in [1.29, 1.82) is 0 Å². The average Bonchev–Trinajstić information content (AvgIpc) is 2.79. The fourth-order valence-corrected chi connectivity index (χ4v) is 3.01. The molecule has 0 spiro atoms. The minimum atomic E-state index is -0.769. The topological polar surface area (TPSA) is 81.7 Å². The van der Waals surface area contributed by atoms with E-state index in [-0.39, 0.29) is 16.9 Å². The minimum Gasteiger partial charge on any atom is -0.497 e. The van der Waals surface area contributed by atoms with Gasteiger partial charge in [-0.25, -0.2) is 4.79 Å². The van der Waals surface area contributed by atoms with E-state index in [2.05, 4.69) is 5.32 Å². The van der Waals surface area contributed by atoms with Crippen LogP contribution in [0.2, 0.25) is 5.02 Å². The quantitative estimate of drug-likeness (QED) is 0.428. The second-order valence-electron chi connectivity index (χ2n) is 6.69. The lowest BCUT2D eigenvalue weighted by Gasteiger charge is -2.10. The number of hydrogen-bond acceptors (Lipinski definition) is 5. The molecule has 1 amide bonds. The van der Waals surface area contributed by atoms with Gasteiger partial charge >= 0.3 is 5.97 Å². The summed E-state index contributed by atoms with van der Waals surface area (Å²) in [6.45, 7) is 1.34. The summed E-state index contributed by atoms with van der Waals surface area (Å²) in [6.07, 6.45) is 0. The van der Waals surface area contributed by atoms with Gasteiger partial charge in [-0.15, -0.1) is 0 Å². The first-order valence-corrected chi connectivity index (χ1v) is 9.77. The first-order valence-electron chi connectivity index (χ1n) is 9.40. The first kappa shape index (κ1) is 22.1. The predicted octanol–water partition coefficient (Wildman–Crippen LogP) is 4.68. The molecular weight excluding hydrogens is 418 g/mol. The molecule has 31 heavy (non-hydrogen) atoms. The number of carbonyl (C=O) groups is 3. The van der Waals surface area contributed by atoms with Gasteiger partial charge in [0.2, 0.25) is 0 Å². The molecule has 7 heteroatoms. The Hall–Kier alpha value is -3.64. The van der Waals surface area contributed by atoms with Crippen molar-refractivity contribution in [3.63, 3.8) is 0 Å². The van der Waals surface area contributed by atoms with E-state index >= 15 is 0 Å². The number of nitrogens with one attached hydrogen (secondary N) is 1. The predicted molar refractivity (Wildman–Crippen MR) is 118 cm³/mol. The lowest BCUT2D eigenvalue weighted by Crippen LogP contribution is -2.22. The number of rotatable bonds is 7. The van der Waals surface area contributed by atoms with Gasteiger partial charge in [-0.3, -0.25) is 9.59 Å². The van der Waals surface area contributed by atoms with Crippen molar-refractivity contribution in [2.24, 2.45) is 0 Å². The van der Waals surface area contributed by atoms with E-state index in [1.807, 2.05) is 6.92 Å². The maximum absolute atomic E-state index is 12.9. The van der Waals surface area contributed by atoms with Crippen LogP contribution < -0.4 is 10.1 Å². The molecule has 0 aliphatic heterocycles. The zero-order valence-corrected chi connectivity index (χ0v) is 17.7. The number of carbonyl (C=O) groups excluding carboxylic acids is 3. The zero-order chi connectivity index (χ0) is 22.4. The van der Waals surface area contributed by atoms with Crippen molar-refractivity contribution in [2.75, 3.05) is 19.0 Å². The highest BCUT2D eigenvalue weighted by atomic mass is 35.5. The number of ether oxygens (including phenoxy) is 2. The molecule has 0 heterocycles. The van der Waals surface area contributed by atoms with E-state index in [0.717, 1.165) is 5.56 Å². The van der Waals surface area contributed by atoms with E-state index < -0.39 is 18.5 Å². The van der Waals surface area contributed by atoms with Gasteiger partial charge in [-0.1, -0.05) is 35.9 Å². The Morgan fingerprint density at radius 3 is 2.26 bits per heavy atom. The second kappa shape index (κ2) is 9.91. The summed E-state index contributed by atoms with van der Waals surface area (Å²) in [6, 6.07) is 17.9. The first-order chi connectivity index (χ1) is 14.9. The summed E-state index contributed by atoms with van der Waals surface area (Å²) >= 11 is 6.04. The summed E-state index contributed by atoms with van der Waals surface area (Å²) in [7, 11) is 1.53. The number of halogens is 1. The molecule has 0 saturated carbocycles. The Bertz CT molecular complexity index is 1130. The van der Waals surface area contributed by atoms with Crippen LogP contribution >= 0.6 is 11.6 Å². The number of hydrogen-bond donors (Lipinski definition) is 1. The lowest BCUT2D eigenvalue weighted by atomic mass is 9.98. The number of methoxy groups -OCH3 is 1. The third kappa shape index (κ3) is 5.49. The molecule has 6 nitrogen and oxygen atoms in total. The normalized spacial score (nSPS) is 10.3. The molecule has 3 aromatic rings. The smallest absolute Gasteiger partial charge is 0.339 e. The molecule has 0 atom stereocenters. The van der Waals surface area contributed by atoms with E-state index in [0.29, 0.717) is 22.0 Å². The Balaban J connectivity index is 1.68. The van der Waals surface area contributed by atoms with Gasteiger partial charge in [0, 0.05) is 21.8 Å². The molecule has 3 aromatic carbocycles. The van der Waals surface area contributed by atoms with E-state index in [4.69, 9.17) is 21.1 Å². The highest BCUT2D eigenvalue weighted by Crippen LogP contribution is 2.20. The van der Waals surface area contributed by atoms with E-state index in [1.54, 1.807) is 54.6 Å². The highest BCUT2D eigenvalue weighted by Gasteiger charge is 2.20. The molecule has 3 rings (SSSR count). The molecule has 0 aliphatic rings. The SMILES string of the molecule is COc1ccc(C(=O)c2ccccc2C(=O)OCC(=O)Nc2ccc(C)c(Cl)c2)cc1. The van der Waals surface area contributed by atoms with Crippen molar-refractivity contribution in [3.05, 3.63) is 94.0 Å². The molecule has 0 aromatic heterocycles. The molecule has 0 aliphatic carbocycles. The zero-order valence-electron chi connectivity index (χ0n) is 17.0. The number of amides is 1.